The Hall–Kier alpha value is 0. The third kappa shape index (κ3) is 1.33. The van der Waals surface area contributed by atoms with Gasteiger partial charge in [0.15, 0.2) is 0 Å². The molecule has 0 aromatic heterocycles. The van der Waals surface area contributed by atoms with Crippen molar-refractivity contribution in [3.8, 4) is 0 Å². The van der Waals surface area contributed by atoms with Gasteiger partial charge < -0.3 is 0 Å². The van der Waals surface area contributed by atoms with Crippen molar-refractivity contribution in [1.29, 1.82) is 0 Å². The highest BCUT2D eigenvalue weighted by molar-refractivity contribution is 5.16. The van der Waals surface area contributed by atoms with E-state index in [4.69, 9.17) is 0 Å². The standard InChI is InChI=1S/C13H23/c1-9(2)13(10(3)4,11-5-6-11)12-7-8-12/h9,11-12H,5-8H2,1-4H3. The SMILES string of the molecule is C[C](C)C(C(C)C)(C1CC1)C1CC1. The zero-order chi connectivity index (χ0) is 9.64. The van der Waals surface area contributed by atoms with Gasteiger partial charge in [0.25, 0.3) is 0 Å². The van der Waals surface area contributed by atoms with E-state index in [1.807, 2.05) is 0 Å². The summed E-state index contributed by atoms with van der Waals surface area (Å²) in [6.45, 7) is 9.61. The van der Waals surface area contributed by atoms with Gasteiger partial charge in [-0.05, 0) is 54.8 Å². The summed E-state index contributed by atoms with van der Waals surface area (Å²) in [5, 5.41) is 0. The van der Waals surface area contributed by atoms with Crippen molar-refractivity contribution < 1.29 is 0 Å². The second-order valence-corrected chi connectivity index (χ2v) is 5.64. The summed E-state index contributed by atoms with van der Waals surface area (Å²) in [4.78, 5) is 0. The van der Waals surface area contributed by atoms with E-state index in [-0.39, 0.29) is 0 Å². The van der Waals surface area contributed by atoms with Crippen LogP contribution in [0.25, 0.3) is 0 Å². The average Bonchev–Trinajstić information content (AvgIpc) is 2.80. The summed E-state index contributed by atoms with van der Waals surface area (Å²) in [5.74, 6) is 4.67. The minimum Gasteiger partial charge on any atom is -0.0622 e. The van der Waals surface area contributed by atoms with Crippen molar-refractivity contribution in [2.24, 2.45) is 23.2 Å². The highest BCUT2D eigenvalue weighted by Gasteiger charge is 2.57. The molecule has 0 atom stereocenters. The van der Waals surface area contributed by atoms with Gasteiger partial charge in [0, 0.05) is 0 Å². The zero-order valence-corrected chi connectivity index (χ0v) is 9.56. The topological polar surface area (TPSA) is 0 Å². The summed E-state index contributed by atoms with van der Waals surface area (Å²) < 4.78 is 0. The molecule has 0 nitrogen and oxygen atoms in total. The molecule has 0 bridgehead atoms. The van der Waals surface area contributed by atoms with Crippen LogP contribution in [0.5, 0.6) is 0 Å². The lowest BCUT2D eigenvalue weighted by atomic mass is 9.62. The van der Waals surface area contributed by atoms with Gasteiger partial charge in [-0.3, -0.25) is 0 Å². The van der Waals surface area contributed by atoms with Crippen LogP contribution in [0.3, 0.4) is 0 Å². The van der Waals surface area contributed by atoms with E-state index in [0.717, 1.165) is 17.8 Å². The van der Waals surface area contributed by atoms with Crippen LogP contribution >= 0.6 is 0 Å². The lowest BCUT2D eigenvalue weighted by Gasteiger charge is -2.42. The first kappa shape index (κ1) is 9.55. The van der Waals surface area contributed by atoms with Gasteiger partial charge in [-0.25, -0.2) is 0 Å². The minimum atomic E-state index is 0.639. The Labute approximate surface area is 83.1 Å². The molecule has 13 heavy (non-hydrogen) atoms. The van der Waals surface area contributed by atoms with E-state index < -0.39 is 0 Å². The molecule has 0 aromatic carbocycles. The number of hydrogen-bond donors (Lipinski definition) is 0. The van der Waals surface area contributed by atoms with Crippen LogP contribution in [0.15, 0.2) is 0 Å². The highest BCUT2D eigenvalue weighted by Crippen LogP contribution is 2.65. The molecule has 2 aliphatic rings. The first-order valence-electron chi connectivity index (χ1n) is 5.90. The van der Waals surface area contributed by atoms with E-state index >= 15 is 0 Å². The van der Waals surface area contributed by atoms with Crippen LogP contribution in [0.1, 0.15) is 53.4 Å². The second-order valence-electron chi connectivity index (χ2n) is 5.64. The molecule has 0 aromatic rings. The summed E-state index contributed by atoms with van der Waals surface area (Å²) in [6, 6.07) is 0. The predicted molar refractivity (Wildman–Crippen MR) is 57.3 cm³/mol. The lowest BCUT2D eigenvalue weighted by Crippen LogP contribution is -2.36. The third-order valence-electron chi connectivity index (χ3n) is 4.33. The van der Waals surface area contributed by atoms with Crippen molar-refractivity contribution in [3.63, 3.8) is 0 Å². The Kier molecular flexibility index (Phi) is 2.20. The molecule has 2 saturated carbocycles. The molecular weight excluding hydrogens is 156 g/mol. The van der Waals surface area contributed by atoms with Crippen LogP contribution in [0, 0.1) is 29.1 Å². The summed E-state index contributed by atoms with van der Waals surface area (Å²) in [5.41, 5.74) is 0.639. The molecule has 0 heterocycles. The van der Waals surface area contributed by atoms with Gasteiger partial charge in [-0.1, -0.05) is 27.7 Å². The van der Waals surface area contributed by atoms with E-state index in [1.54, 1.807) is 5.92 Å². The van der Waals surface area contributed by atoms with Gasteiger partial charge in [0.1, 0.15) is 0 Å². The normalized spacial score (nSPS) is 24.5. The first-order chi connectivity index (χ1) is 6.10. The molecule has 2 aliphatic carbocycles. The van der Waals surface area contributed by atoms with Crippen LogP contribution in [0.2, 0.25) is 0 Å². The van der Waals surface area contributed by atoms with Gasteiger partial charge in [-0.15, -0.1) is 0 Å². The van der Waals surface area contributed by atoms with Crippen LogP contribution in [0.4, 0.5) is 0 Å². The van der Waals surface area contributed by atoms with E-state index in [1.165, 1.54) is 25.7 Å². The maximum atomic E-state index is 2.43. The van der Waals surface area contributed by atoms with Crippen molar-refractivity contribution in [1.82, 2.24) is 0 Å². The Balaban J connectivity index is 2.23. The van der Waals surface area contributed by atoms with Gasteiger partial charge in [-0.2, -0.15) is 0 Å². The van der Waals surface area contributed by atoms with Crippen molar-refractivity contribution in [2.75, 3.05) is 0 Å². The van der Waals surface area contributed by atoms with Crippen LogP contribution in [-0.2, 0) is 0 Å². The fourth-order valence-electron chi connectivity index (χ4n) is 3.79. The maximum Gasteiger partial charge on any atom is -0.0161 e. The highest BCUT2D eigenvalue weighted by atomic mass is 14.6. The van der Waals surface area contributed by atoms with Crippen LogP contribution in [-0.4, -0.2) is 0 Å². The molecule has 0 heteroatoms. The van der Waals surface area contributed by atoms with E-state index in [2.05, 4.69) is 27.7 Å². The van der Waals surface area contributed by atoms with Crippen molar-refractivity contribution in [2.45, 2.75) is 53.4 Å². The molecular formula is C13H23. The fraction of sp³-hybridized carbons (Fsp3) is 0.923. The minimum absolute atomic E-state index is 0.639. The monoisotopic (exact) mass is 179 g/mol. The largest absolute Gasteiger partial charge is 0.0622 e. The fourth-order valence-corrected chi connectivity index (χ4v) is 3.79. The second kappa shape index (κ2) is 3.00. The molecule has 0 unspecified atom stereocenters. The van der Waals surface area contributed by atoms with Gasteiger partial charge in [0.2, 0.25) is 0 Å². The molecule has 0 spiro atoms. The van der Waals surface area contributed by atoms with Crippen LogP contribution < -0.4 is 0 Å². The number of hydrogen-bond acceptors (Lipinski definition) is 0. The number of rotatable bonds is 4. The maximum absolute atomic E-state index is 2.43. The molecule has 0 saturated heterocycles. The molecule has 1 radical (unpaired) electrons. The molecule has 0 amide bonds. The lowest BCUT2D eigenvalue weighted by molar-refractivity contribution is 0.134. The smallest absolute Gasteiger partial charge is 0.0161 e. The van der Waals surface area contributed by atoms with E-state index in [9.17, 15) is 0 Å². The molecule has 2 rings (SSSR count). The Morgan fingerprint density at radius 3 is 1.54 bits per heavy atom. The van der Waals surface area contributed by atoms with Crippen molar-refractivity contribution >= 4 is 0 Å². The molecule has 0 aliphatic heterocycles. The Morgan fingerprint density at radius 1 is 1.00 bits per heavy atom. The first-order valence-corrected chi connectivity index (χ1v) is 5.90. The molecule has 75 valence electrons. The predicted octanol–water partition coefficient (Wildman–Crippen LogP) is 4.06. The quantitative estimate of drug-likeness (QED) is 0.610. The Bertz CT molecular complexity index is 153. The third-order valence-corrected chi connectivity index (χ3v) is 4.33. The molecule has 0 N–H and O–H groups in total. The Morgan fingerprint density at radius 2 is 1.38 bits per heavy atom. The van der Waals surface area contributed by atoms with Crippen molar-refractivity contribution in [3.05, 3.63) is 5.92 Å². The summed E-state index contributed by atoms with van der Waals surface area (Å²) >= 11 is 0. The molecule has 2 fully saturated rings. The zero-order valence-electron chi connectivity index (χ0n) is 9.56. The van der Waals surface area contributed by atoms with Gasteiger partial charge in [0.05, 0.1) is 0 Å². The van der Waals surface area contributed by atoms with E-state index in [0.29, 0.717) is 5.41 Å². The summed E-state index contributed by atoms with van der Waals surface area (Å²) in [6.07, 6.45) is 6.00. The average molecular weight is 179 g/mol. The van der Waals surface area contributed by atoms with Gasteiger partial charge >= 0.3 is 0 Å². The summed E-state index contributed by atoms with van der Waals surface area (Å²) in [7, 11) is 0.